The second-order valence-electron chi connectivity index (χ2n) is 6.90. The standard InChI is InChI=1S/C19H32O6/c1-14(3-2-5-23-6-4-20)13-24-7-8-25-19-10-15-9-16(19)18(12-22)17(15)11-21/h2-3,10,14-18,20-22H,4-9,11-13H2,1H3/b3-2+. The number of fused-ring (bicyclic) bond motifs is 2. The van der Waals surface area contributed by atoms with Crippen LogP contribution in [0.2, 0.25) is 0 Å². The first-order chi connectivity index (χ1) is 12.2. The Morgan fingerprint density at radius 2 is 1.92 bits per heavy atom. The summed E-state index contributed by atoms with van der Waals surface area (Å²) in [5.74, 6) is 2.13. The van der Waals surface area contributed by atoms with Gasteiger partial charge >= 0.3 is 0 Å². The maximum atomic E-state index is 9.55. The van der Waals surface area contributed by atoms with Gasteiger partial charge in [-0.25, -0.2) is 0 Å². The number of aliphatic hydroxyl groups is 3. The molecular formula is C19H32O6. The molecule has 0 aromatic rings. The fraction of sp³-hybridized carbons (Fsp3) is 0.789. The molecule has 25 heavy (non-hydrogen) atoms. The van der Waals surface area contributed by atoms with E-state index in [9.17, 15) is 10.2 Å². The van der Waals surface area contributed by atoms with Crippen LogP contribution in [0, 0.1) is 29.6 Å². The fourth-order valence-corrected chi connectivity index (χ4v) is 3.85. The van der Waals surface area contributed by atoms with Gasteiger partial charge in [-0.2, -0.15) is 0 Å². The minimum absolute atomic E-state index is 0.0459. The van der Waals surface area contributed by atoms with Crippen LogP contribution in [0.15, 0.2) is 24.0 Å². The molecule has 0 aromatic carbocycles. The number of hydrogen-bond donors (Lipinski definition) is 3. The topological polar surface area (TPSA) is 88.4 Å². The quantitative estimate of drug-likeness (QED) is 0.337. The van der Waals surface area contributed by atoms with Crippen molar-refractivity contribution in [1.82, 2.24) is 0 Å². The molecule has 0 radical (unpaired) electrons. The zero-order valence-corrected chi connectivity index (χ0v) is 15.0. The molecule has 2 rings (SSSR count). The van der Waals surface area contributed by atoms with Gasteiger partial charge in [0, 0.05) is 19.1 Å². The minimum atomic E-state index is 0.0459. The molecule has 6 heteroatoms. The van der Waals surface area contributed by atoms with Gasteiger partial charge in [-0.1, -0.05) is 19.1 Å². The lowest BCUT2D eigenvalue weighted by molar-refractivity contribution is 0.0430. The van der Waals surface area contributed by atoms with Crippen molar-refractivity contribution < 1.29 is 29.5 Å². The van der Waals surface area contributed by atoms with Crippen LogP contribution in [0.3, 0.4) is 0 Å². The Balaban J connectivity index is 1.57. The average molecular weight is 356 g/mol. The van der Waals surface area contributed by atoms with E-state index in [-0.39, 0.29) is 37.6 Å². The van der Waals surface area contributed by atoms with Gasteiger partial charge in [0.2, 0.25) is 0 Å². The van der Waals surface area contributed by atoms with E-state index in [0.29, 0.717) is 44.9 Å². The molecule has 5 atom stereocenters. The van der Waals surface area contributed by atoms with Crippen LogP contribution in [-0.2, 0) is 14.2 Å². The van der Waals surface area contributed by atoms with E-state index < -0.39 is 0 Å². The van der Waals surface area contributed by atoms with Crippen molar-refractivity contribution in [2.45, 2.75) is 13.3 Å². The van der Waals surface area contributed by atoms with E-state index in [4.69, 9.17) is 19.3 Å². The van der Waals surface area contributed by atoms with E-state index in [1.165, 1.54) is 0 Å². The summed E-state index contributed by atoms with van der Waals surface area (Å²) in [6.07, 6.45) is 7.08. The van der Waals surface area contributed by atoms with Crippen LogP contribution in [0.25, 0.3) is 0 Å². The molecule has 3 N–H and O–H groups in total. The Labute approximate surface area is 150 Å². The van der Waals surface area contributed by atoms with Crippen molar-refractivity contribution in [3.8, 4) is 0 Å². The van der Waals surface area contributed by atoms with Crippen molar-refractivity contribution in [3.63, 3.8) is 0 Å². The monoisotopic (exact) mass is 356 g/mol. The van der Waals surface area contributed by atoms with Gasteiger partial charge in [0.15, 0.2) is 0 Å². The lowest BCUT2D eigenvalue weighted by atomic mass is 9.83. The van der Waals surface area contributed by atoms with Crippen molar-refractivity contribution >= 4 is 0 Å². The normalized spacial score (nSPS) is 29.4. The third-order valence-corrected chi connectivity index (χ3v) is 5.10. The molecule has 144 valence electrons. The molecule has 0 saturated heterocycles. The van der Waals surface area contributed by atoms with E-state index in [1.54, 1.807) is 0 Å². The molecule has 5 unspecified atom stereocenters. The van der Waals surface area contributed by atoms with Gasteiger partial charge in [0.05, 0.1) is 38.8 Å². The minimum Gasteiger partial charge on any atom is -0.496 e. The molecule has 0 aromatic heterocycles. The van der Waals surface area contributed by atoms with Gasteiger partial charge in [-0.15, -0.1) is 0 Å². The zero-order chi connectivity index (χ0) is 18.1. The zero-order valence-electron chi connectivity index (χ0n) is 15.0. The van der Waals surface area contributed by atoms with Crippen LogP contribution < -0.4 is 0 Å². The molecular weight excluding hydrogens is 324 g/mol. The van der Waals surface area contributed by atoms with Crippen LogP contribution in [0.4, 0.5) is 0 Å². The fourth-order valence-electron chi connectivity index (χ4n) is 3.85. The molecule has 1 fully saturated rings. The highest BCUT2D eigenvalue weighted by Gasteiger charge is 2.48. The summed E-state index contributed by atoms with van der Waals surface area (Å²) in [5.41, 5.74) is 0. The van der Waals surface area contributed by atoms with Crippen LogP contribution in [0.5, 0.6) is 0 Å². The first-order valence-electron chi connectivity index (χ1n) is 9.20. The van der Waals surface area contributed by atoms with Crippen molar-refractivity contribution in [2.24, 2.45) is 29.6 Å². The average Bonchev–Trinajstić information content (AvgIpc) is 3.18. The number of allylic oxidation sites excluding steroid dienone is 2. The highest BCUT2D eigenvalue weighted by atomic mass is 16.5. The van der Waals surface area contributed by atoms with Gasteiger partial charge in [-0.3, -0.25) is 0 Å². The first-order valence-corrected chi connectivity index (χ1v) is 9.20. The third kappa shape index (κ3) is 5.79. The highest BCUT2D eigenvalue weighted by Crippen LogP contribution is 2.51. The predicted molar refractivity (Wildman–Crippen MR) is 93.8 cm³/mol. The summed E-state index contributed by atoms with van der Waals surface area (Å²) in [6, 6.07) is 0. The van der Waals surface area contributed by atoms with Crippen LogP contribution >= 0.6 is 0 Å². The van der Waals surface area contributed by atoms with E-state index in [1.807, 2.05) is 12.2 Å². The SMILES string of the molecule is CC(/C=C/COCCO)COCCOC1=CC2CC1C(CO)C2CO. The Morgan fingerprint density at radius 1 is 1.12 bits per heavy atom. The molecule has 6 nitrogen and oxygen atoms in total. The number of rotatable bonds is 13. The smallest absolute Gasteiger partial charge is 0.111 e. The van der Waals surface area contributed by atoms with Crippen LogP contribution in [-0.4, -0.2) is 68.2 Å². The van der Waals surface area contributed by atoms with E-state index in [0.717, 1.165) is 12.2 Å². The Kier molecular flexibility index (Phi) is 8.92. The molecule has 0 aliphatic heterocycles. The van der Waals surface area contributed by atoms with E-state index >= 15 is 0 Å². The highest BCUT2D eigenvalue weighted by molar-refractivity contribution is 5.19. The summed E-state index contributed by atoms with van der Waals surface area (Å²) in [7, 11) is 0. The maximum Gasteiger partial charge on any atom is 0.111 e. The van der Waals surface area contributed by atoms with Crippen molar-refractivity contribution in [3.05, 3.63) is 24.0 Å². The summed E-state index contributed by atoms with van der Waals surface area (Å²) < 4.78 is 16.6. The Bertz CT molecular complexity index is 436. The lowest BCUT2D eigenvalue weighted by Crippen LogP contribution is -2.28. The summed E-state index contributed by atoms with van der Waals surface area (Å²) in [6.45, 7) is 4.88. The second kappa shape index (κ2) is 10.9. The Hall–Kier alpha value is -0.920. The second-order valence-corrected chi connectivity index (χ2v) is 6.90. The van der Waals surface area contributed by atoms with Crippen molar-refractivity contribution in [1.29, 1.82) is 0 Å². The largest absolute Gasteiger partial charge is 0.496 e. The summed E-state index contributed by atoms with van der Waals surface area (Å²) in [4.78, 5) is 0. The maximum absolute atomic E-state index is 9.55. The lowest BCUT2D eigenvalue weighted by Gasteiger charge is -2.28. The Morgan fingerprint density at radius 3 is 2.64 bits per heavy atom. The van der Waals surface area contributed by atoms with Gasteiger partial charge in [-0.05, 0) is 36.2 Å². The molecule has 2 aliphatic carbocycles. The molecule has 2 bridgehead atoms. The van der Waals surface area contributed by atoms with Gasteiger partial charge < -0.3 is 29.5 Å². The summed E-state index contributed by atoms with van der Waals surface area (Å²) >= 11 is 0. The molecule has 0 amide bonds. The van der Waals surface area contributed by atoms with Gasteiger partial charge in [0.25, 0.3) is 0 Å². The predicted octanol–water partition coefficient (Wildman–Crippen LogP) is 0.971. The molecule has 0 heterocycles. The van der Waals surface area contributed by atoms with Gasteiger partial charge in [0.1, 0.15) is 6.61 Å². The van der Waals surface area contributed by atoms with E-state index in [2.05, 4.69) is 13.0 Å². The molecule has 0 spiro atoms. The van der Waals surface area contributed by atoms with Crippen LogP contribution in [0.1, 0.15) is 13.3 Å². The van der Waals surface area contributed by atoms with Crippen molar-refractivity contribution in [2.75, 3.05) is 52.9 Å². The third-order valence-electron chi connectivity index (χ3n) is 5.10. The number of hydrogen-bond acceptors (Lipinski definition) is 6. The summed E-state index contributed by atoms with van der Waals surface area (Å²) in [5, 5.41) is 27.6. The number of aliphatic hydroxyl groups excluding tert-OH is 3. The molecule has 2 aliphatic rings. The number of ether oxygens (including phenoxy) is 3. The molecule has 1 saturated carbocycles. The first kappa shape index (κ1) is 20.4.